The van der Waals surface area contributed by atoms with Gasteiger partial charge in [-0.15, -0.1) is 0 Å². The Morgan fingerprint density at radius 3 is 2.65 bits per heavy atom. The van der Waals surface area contributed by atoms with Crippen LogP contribution in [0.25, 0.3) is 0 Å². The summed E-state index contributed by atoms with van der Waals surface area (Å²) in [6.07, 6.45) is 1.62. The van der Waals surface area contributed by atoms with Gasteiger partial charge in [-0.1, -0.05) is 39.7 Å². The lowest BCUT2D eigenvalue weighted by molar-refractivity contribution is 0.890. The smallest absolute Gasteiger partial charge is 0.224 e. The van der Waals surface area contributed by atoms with Crippen molar-refractivity contribution >= 4 is 39.3 Å². The van der Waals surface area contributed by atoms with Crippen LogP contribution in [0, 0.1) is 0 Å². The van der Waals surface area contributed by atoms with E-state index in [2.05, 4.69) is 43.3 Å². The maximum Gasteiger partial charge on any atom is 0.224 e. The summed E-state index contributed by atoms with van der Waals surface area (Å²) < 4.78 is 1.07. The van der Waals surface area contributed by atoms with E-state index in [1.54, 1.807) is 6.20 Å². The SMILES string of the molecule is CCNc1ncc(Cl)c(N(C)Cc2ccc(Br)cc2)n1. The van der Waals surface area contributed by atoms with Gasteiger partial charge in [-0.05, 0) is 24.6 Å². The number of rotatable bonds is 5. The van der Waals surface area contributed by atoms with E-state index in [9.17, 15) is 0 Å². The molecule has 0 saturated carbocycles. The Balaban J connectivity index is 2.17. The van der Waals surface area contributed by atoms with E-state index in [0.29, 0.717) is 11.0 Å². The van der Waals surface area contributed by atoms with E-state index in [1.807, 2.05) is 31.0 Å². The topological polar surface area (TPSA) is 41.1 Å². The summed E-state index contributed by atoms with van der Waals surface area (Å²) in [5, 5.41) is 3.64. The monoisotopic (exact) mass is 354 g/mol. The molecule has 1 aromatic heterocycles. The molecule has 4 nitrogen and oxygen atoms in total. The van der Waals surface area contributed by atoms with Gasteiger partial charge in [0.1, 0.15) is 5.02 Å². The second-order valence-electron chi connectivity index (χ2n) is 4.38. The highest BCUT2D eigenvalue weighted by Crippen LogP contribution is 2.24. The Kier molecular flexibility index (Phi) is 5.20. The average Bonchev–Trinajstić information content (AvgIpc) is 2.43. The molecule has 0 bridgehead atoms. The van der Waals surface area contributed by atoms with E-state index < -0.39 is 0 Å². The molecule has 0 amide bonds. The van der Waals surface area contributed by atoms with Gasteiger partial charge in [-0.2, -0.15) is 4.98 Å². The Morgan fingerprint density at radius 2 is 2.00 bits per heavy atom. The molecule has 106 valence electrons. The lowest BCUT2D eigenvalue weighted by Gasteiger charge is -2.20. The number of anilines is 2. The second-order valence-corrected chi connectivity index (χ2v) is 5.70. The van der Waals surface area contributed by atoms with Crippen molar-refractivity contribution in [2.24, 2.45) is 0 Å². The molecule has 0 fully saturated rings. The first kappa shape index (κ1) is 15.1. The Hall–Kier alpha value is -1.33. The molecule has 2 rings (SSSR count). The molecule has 1 aromatic carbocycles. The molecule has 0 saturated heterocycles. The molecule has 0 spiro atoms. The van der Waals surface area contributed by atoms with Gasteiger partial charge < -0.3 is 10.2 Å². The van der Waals surface area contributed by atoms with Crippen molar-refractivity contribution in [3.8, 4) is 0 Å². The zero-order valence-corrected chi connectivity index (χ0v) is 13.7. The summed E-state index contributed by atoms with van der Waals surface area (Å²) >= 11 is 9.61. The third-order valence-electron chi connectivity index (χ3n) is 2.76. The first-order chi connectivity index (χ1) is 9.60. The Bertz CT molecular complexity index is 574. The normalized spacial score (nSPS) is 10.4. The van der Waals surface area contributed by atoms with Crippen molar-refractivity contribution in [3.05, 3.63) is 45.5 Å². The molecule has 2 aromatic rings. The minimum atomic E-state index is 0.547. The van der Waals surface area contributed by atoms with Gasteiger partial charge in [-0.3, -0.25) is 0 Å². The first-order valence-corrected chi connectivity index (χ1v) is 7.49. The van der Waals surface area contributed by atoms with Crippen LogP contribution in [0.15, 0.2) is 34.9 Å². The molecular formula is C14H16BrClN4. The van der Waals surface area contributed by atoms with Crippen molar-refractivity contribution in [2.45, 2.75) is 13.5 Å². The minimum Gasteiger partial charge on any atom is -0.354 e. The summed E-state index contributed by atoms with van der Waals surface area (Å²) in [6.45, 7) is 3.51. The van der Waals surface area contributed by atoms with Gasteiger partial charge >= 0.3 is 0 Å². The maximum atomic E-state index is 6.18. The standard InChI is InChI=1S/C14H16BrClN4/c1-3-17-14-18-8-12(16)13(19-14)20(2)9-10-4-6-11(15)7-5-10/h4-8H,3,9H2,1-2H3,(H,17,18,19). The van der Waals surface area contributed by atoms with E-state index in [0.717, 1.165) is 23.4 Å². The van der Waals surface area contributed by atoms with Crippen LogP contribution in [0.3, 0.4) is 0 Å². The predicted molar refractivity (Wildman–Crippen MR) is 87.5 cm³/mol. The van der Waals surface area contributed by atoms with Crippen molar-refractivity contribution in [3.63, 3.8) is 0 Å². The number of halogens is 2. The van der Waals surface area contributed by atoms with Crippen LogP contribution in [0.4, 0.5) is 11.8 Å². The molecule has 0 atom stereocenters. The number of hydrogen-bond donors (Lipinski definition) is 1. The van der Waals surface area contributed by atoms with Gasteiger partial charge in [-0.25, -0.2) is 4.98 Å². The fraction of sp³-hybridized carbons (Fsp3) is 0.286. The summed E-state index contributed by atoms with van der Waals surface area (Å²) in [6, 6.07) is 8.19. The highest BCUT2D eigenvalue weighted by molar-refractivity contribution is 9.10. The van der Waals surface area contributed by atoms with Gasteiger partial charge in [0.25, 0.3) is 0 Å². The Labute approximate surface area is 132 Å². The Morgan fingerprint density at radius 1 is 1.30 bits per heavy atom. The molecule has 0 unspecified atom stereocenters. The fourth-order valence-electron chi connectivity index (χ4n) is 1.81. The molecule has 1 heterocycles. The number of nitrogens with zero attached hydrogens (tertiary/aromatic N) is 3. The van der Waals surface area contributed by atoms with Crippen molar-refractivity contribution in [1.29, 1.82) is 0 Å². The zero-order valence-electron chi connectivity index (χ0n) is 11.4. The van der Waals surface area contributed by atoms with Crippen LogP contribution in [0.5, 0.6) is 0 Å². The van der Waals surface area contributed by atoms with Crippen LogP contribution in [-0.4, -0.2) is 23.6 Å². The largest absolute Gasteiger partial charge is 0.354 e. The number of hydrogen-bond acceptors (Lipinski definition) is 4. The molecule has 0 aliphatic heterocycles. The van der Waals surface area contributed by atoms with E-state index >= 15 is 0 Å². The molecule has 1 N–H and O–H groups in total. The highest BCUT2D eigenvalue weighted by Gasteiger charge is 2.10. The summed E-state index contributed by atoms with van der Waals surface area (Å²) in [5.74, 6) is 1.31. The average molecular weight is 356 g/mol. The lowest BCUT2D eigenvalue weighted by atomic mass is 10.2. The van der Waals surface area contributed by atoms with Crippen molar-refractivity contribution < 1.29 is 0 Å². The summed E-state index contributed by atoms with van der Waals surface area (Å²) in [4.78, 5) is 10.6. The van der Waals surface area contributed by atoms with E-state index in [1.165, 1.54) is 5.56 Å². The lowest BCUT2D eigenvalue weighted by Crippen LogP contribution is -2.19. The van der Waals surface area contributed by atoms with Crippen molar-refractivity contribution in [2.75, 3.05) is 23.8 Å². The molecule has 0 aliphatic carbocycles. The fourth-order valence-corrected chi connectivity index (χ4v) is 2.31. The molecule has 6 heteroatoms. The second kappa shape index (κ2) is 6.90. The van der Waals surface area contributed by atoms with Crippen LogP contribution in [0.2, 0.25) is 5.02 Å². The van der Waals surface area contributed by atoms with Gasteiger partial charge in [0.15, 0.2) is 5.82 Å². The first-order valence-electron chi connectivity index (χ1n) is 6.32. The van der Waals surface area contributed by atoms with Gasteiger partial charge in [0, 0.05) is 24.6 Å². The van der Waals surface area contributed by atoms with Crippen LogP contribution in [0.1, 0.15) is 12.5 Å². The van der Waals surface area contributed by atoms with Crippen molar-refractivity contribution in [1.82, 2.24) is 9.97 Å². The predicted octanol–water partition coefficient (Wildman–Crippen LogP) is 3.96. The quantitative estimate of drug-likeness (QED) is 0.881. The van der Waals surface area contributed by atoms with Crippen LogP contribution in [-0.2, 0) is 6.54 Å². The molecule has 0 radical (unpaired) electrons. The summed E-state index contributed by atoms with van der Waals surface area (Å²) in [5.41, 5.74) is 1.19. The number of nitrogens with one attached hydrogen (secondary N) is 1. The maximum absolute atomic E-state index is 6.18. The van der Waals surface area contributed by atoms with E-state index in [-0.39, 0.29) is 0 Å². The number of benzene rings is 1. The molecule has 20 heavy (non-hydrogen) atoms. The van der Waals surface area contributed by atoms with Gasteiger partial charge in [0.2, 0.25) is 5.95 Å². The van der Waals surface area contributed by atoms with Crippen LogP contribution < -0.4 is 10.2 Å². The van der Waals surface area contributed by atoms with Crippen LogP contribution >= 0.6 is 27.5 Å². The molecular weight excluding hydrogens is 340 g/mol. The summed E-state index contributed by atoms with van der Waals surface area (Å²) in [7, 11) is 1.96. The third kappa shape index (κ3) is 3.84. The zero-order chi connectivity index (χ0) is 14.5. The molecule has 0 aliphatic rings. The highest BCUT2D eigenvalue weighted by atomic mass is 79.9. The van der Waals surface area contributed by atoms with E-state index in [4.69, 9.17) is 11.6 Å². The third-order valence-corrected chi connectivity index (χ3v) is 3.55. The number of aromatic nitrogens is 2. The van der Waals surface area contributed by atoms with Gasteiger partial charge in [0.05, 0.1) is 6.20 Å². The minimum absolute atomic E-state index is 0.547.